The summed E-state index contributed by atoms with van der Waals surface area (Å²) in [7, 11) is 0. The Morgan fingerprint density at radius 3 is 1.15 bits per heavy atom. The van der Waals surface area contributed by atoms with Crippen molar-refractivity contribution in [3.63, 3.8) is 0 Å². The van der Waals surface area contributed by atoms with Crippen LogP contribution in [0.4, 0.5) is 0 Å². The lowest BCUT2D eigenvalue weighted by Gasteiger charge is -2.28. The van der Waals surface area contributed by atoms with Crippen molar-refractivity contribution in [2.75, 3.05) is 26.2 Å². The summed E-state index contributed by atoms with van der Waals surface area (Å²) in [5.74, 6) is -13.6. The summed E-state index contributed by atoms with van der Waals surface area (Å²) in [6, 6.07) is -12.4. The minimum Gasteiger partial charge on any atom is -0.480 e. The molecule has 0 aliphatic heterocycles. The van der Waals surface area contributed by atoms with Crippen LogP contribution in [-0.2, 0) is 57.5 Å². The van der Waals surface area contributed by atoms with Crippen LogP contribution in [0.15, 0.2) is 4.99 Å². The Kier molecular flexibility index (Phi) is 30.7. The number of guanidine groups is 1. The van der Waals surface area contributed by atoms with Gasteiger partial charge in [0.05, 0.1) is 25.8 Å². The lowest BCUT2D eigenvalue weighted by atomic mass is 9.97. The van der Waals surface area contributed by atoms with Gasteiger partial charge in [0.2, 0.25) is 65.0 Å². The van der Waals surface area contributed by atoms with Crippen LogP contribution in [0.1, 0.15) is 97.8 Å². The van der Waals surface area contributed by atoms with Crippen molar-refractivity contribution in [2.45, 2.75) is 146 Å². The third-order valence-corrected chi connectivity index (χ3v) is 10.6. The predicted molar refractivity (Wildman–Crippen MR) is 254 cm³/mol. The molecule has 0 aromatic carbocycles. The number of carboxylic acid groups (broad SMARTS) is 1. The molecular weight excluding hydrogens is 939 g/mol. The number of aliphatic carboxylic acids is 1. The van der Waals surface area contributed by atoms with Crippen LogP contribution in [0, 0.1) is 5.92 Å². The minimum absolute atomic E-state index is 0.00260. The number of nitrogens with two attached hydrogens (primary N) is 8. The van der Waals surface area contributed by atoms with E-state index in [4.69, 9.17) is 45.9 Å². The van der Waals surface area contributed by atoms with E-state index in [0.717, 1.165) is 0 Å². The summed E-state index contributed by atoms with van der Waals surface area (Å²) in [6.07, 6.45) is -1.06. The molecule has 30 nitrogen and oxygen atoms in total. The highest BCUT2D eigenvalue weighted by molar-refractivity contribution is 6.00. The Balaban J connectivity index is 6.79. The molecule has 0 aromatic rings. The topological polar surface area (TPSA) is 542 Å². The Labute approximate surface area is 410 Å². The summed E-state index contributed by atoms with van der Waals surface area (Å²) in [5, 5.41) is 28.1. The number of nitrogens with zero attached hydrogens (tertiary/aromatic N) is 1. The van der Waals surface area contributed by atoms with E-state index in [0.29, 0.717) is 32.2 Å². The highest BCUT2D eigenvalue weighted by Crippen LogP contribution is 2.11. The standard InChI is InChI=1S/C41H75N17O13/c1-4-20(2)32(39(69)51-21(3)40(70)71)58-38(68)27(18-30(47)61)57-37(67)26(17-29(46)60)56-34(64)23(11-6-8-14-43)54-36(66)25(16-28(45)59)55-35(65)24(12-9-15-50-41(48)49)53-33(63)22(10-5-7-13-42)52-31(62)19-44/h20-27,32H,4-19,42-44H2,1-3H3,(H2,45,59)(H2,46,60)(H2,47,61)(H,51,69)(H,52,62)(H,53,63)(H,54,66)(H,55,65)(H,56,64)(H,57,67)(H,58,68)(H,70,71)(H4,48,49,50). The SMILES string of the molecule is CCC(C)C(NC(=O)C(CC(N)=O)NC(=O)C(CC(N)=O)NC(=O)C(CCCCN)NC(=O)C(CC(N)=O)NC(=O)C(CCCN=C(N)N)NC(=O)C(CCCCN)NC(=O)CN)C(=O)NC(C)C(=O)O. The van der Waals surface area contributed by atoms with Crippen molar-refractivity contribution < 1.29 is 62.6 Å². The zero-order chi connectivity index (χ0) is 54.4. The highest BCUT2D eigenvalue weighted by atomic mass is 16.4. The third-order valence-electron chi connectivity index (χ3n) is 10.6. The molecule has 0 aliphatic carbocycles. The van der Waals surface area contributed by atoms with Crippen molar-refractivity contribution in [1.29, 1.82) is 0 Å². The maximum Gasteiger partial charge on any atom is 0.325 e. The van der Waals surface area contributed by atoms with E-state index in [-0.39, 0.29) is 51.2 Å². The number of nitrogens with one attached hydrogen (secondary N) is 8. The van der Waals surface area contributed by atoms with Gasteiger partial charge in [0.1, 0.15) is 48.3 Å². The number of carbonyl (C=O) groups is 12. The number of aliphatic imine (C=N–C) groups is 1. The van der Waals surface area contributed by atoms with Crippen LogP contribution < -0.4 is 88.4 Å². The van der Waals surface area contributed by atoms with Gasteiger partial charge in [-0.05, 0) is 77.3 Å². The number of primary amides is 3. The maximum atomic E-state index is 14.0. The second-order valence-corrected chi connectivity index (χ2v) is 16.6. The molecule has 11 amide bonds. The van der Waals surface area contributed by atoms with Gasteiger partial charge < -0.3 is 93.5 Å². The van der Waals surface area contributed by atoms with Crippen molar-refractivity contribution in [1.82, 2.24) is 42.5 Å². The number of hydrogen-bond acceptors (Lipinski definition) is 16. The van der Waals surface area contributed by atoms with Crippen LogP contribution in [0.3, 0.4) is 0 Å². The highest BCUT2D eigenvalue weighted by Gasteiger charge is 2.36. The molecule has 9 unspecified atom stereocenters. The number of carboxylic acids is 1. The summed E-state index contributed by atoms with van der Waals surface area (Å²) in [6.45, 7) is 4.40. The number of carbonyl (C=O) groups excluding carboxylic acids is 11. The zero-order valence-corrected chi connectivity index (χ0v) is 40.4. The van der Waals surface area contributed by atoms with Crippen LogP contribution in [-0.4, -0.2) is 157 Å². The summed E-state index contributed by atoms with van der Waals surface area (Å²) < 4.78 is 0. The quantitative estimate of drug-likeness (QED) is 0.0156. The lowest BCUT2D eigenvalue weighted by molar-refractivity contribution is -0.142. The van der Waals surface area contributed by atoms with Crippen molar-refractivity contribution in [3.8, 4) is 0 Å². The average Bonchev–Trinajstić information content (AvgIpc) is 3.29. The smallest absolute Gasteiger partial charge is 0.325 e. The largest absolute Gasteiger partial charge is 0.480 e. The Bertz CT molecular complexity index is 1880. The normalized spacial score (nSPS) is 14.6. The number of unbranched alkanes of at least 4 members (excludes halogenated alkanes) is 2. The number of rotatable bonds is 37. The summed E-state index contributed by atoms with van der Waals surface area (Å²) in [4.78, 5) is 160. The monoisotopic (exact) mass is 1010 g/mol. The molecular formula is C41H75N17O13. The second-order valence-electron chi connectivity index (χ2n) is 16.6. The van der Waals surface area contributed by atoms with Gasteiger partial charge in [-0.1, -0.05) is 20.3 Å². The molecule has 0 aromatic heterocycles. The van der Waals surface area contributed by atoms with E-state index in [1.54, 1.807) is 13.8 Å². The van der Waals surface area contributed by atoms with Crippen molar-refractivity contribution in [2.24, 2.45) is 56.8 Å². The van der Waals surface area contributed by atoms with Gasteiger partial charge in [-0.15, -0.1) is 0 Å². The Hall–Kier alpha value is -7.21. The molecule has 0 heterocycles. The second kappa shape index (κ2) is 34.1. The van der Waals surface area contributed by atoms with Crippen LogP contribution >= 0.6 is 0 Å². The van der Waals surface area contributed by atoms with Gasteiger partial charge in [0.25, 0.3) is 0 Å². The fourth-order valence-corrected chi connectivity index (χ4v) is 6.46. The molecule has 0 rings (SSSR count). The van der Waals surface area contributed by atoms with E-state index in [9.17, 15) is 62.6 Å². The minimum atomic E-state index is -1.89. The summed E-state index contributed by atoms with van der Waals surface area (Å²) in [5.41, 5.74) is 43.7. The van der Waals surface area contributed by atoms with Gasteiger partial charge in [-0.3, -0.25) is 62.5 Å². The maximum absolute atomic E-state index is 14.0. The Morgan fingerprint density at radius 2 is 0.817 bits per heavy atom. The molecule has 0 saturated heterocycles. The molecule has 0 saturated carbocycles. The number of amides is 11. The van der Waals surface area contributed by atoms with Gasteiger partial charge >= 0.3 is 5.97 Å². The first-order valence-corrected chi connectivity index (χ1v) is 23.0. The molecule has 25 N–H and O–H groups in total. The van der Waals surface area contributed by atoms with E-state index in [2.05, 4.69) is 47.5 Å². The van der Waals surface area contributed by atoms with E-state index < -0.39 is 151 Å². The predicted octanol–water partition coefficient (Wildman–Crippen LogP) is -8.09. The fourth-order valence-electron chi connectivity index (χ4n) is 6.46. The molecule has 71 heavy (non-hydrogen) atoms. The van der Waals surface area contributed by atoms with Crippen LogP contribution in [0.5, 0.6) is 0 Å². The number of hydrogen-bond donors (Lipinski definition) is 17. The first-order chi connectivity index (χ1) is 33.3. The molecule has 9 atom stereocenters. The van der Waals surface area contributed by atoms with Crippen molar-refractivity contribution in [3.05, 3.63) is 0 Å². The van der Waals surface area contributed by atoms with Crippen LogP contribution in [0.2, 0.25) is 0 Å². The van der Waals surface area contributed by atoms with Gasteiger partial charge in [-0.2, -0.15) is 0 Å². The summed E-state index contributed by atoms with van der Waals surface area (Å²) >= 11 is 0. The van der Waals surface area contributed by atoms with E-state index >= 15 is 0 Å². The average molecular weight is 1010 g/mol. The fraction of sp³-hybridized carbons (Fsp3) is 0.683. The molecule has 0 aliphatic rings. The molecule has 0 bridgehead atoms. The lowest BCUT2D eigenvalue weighted by Crippen LogP contribution is -2.61. The molecule has 402 valence electrons. The first kappa shape index (κ1) is 63.8. The van der Waals surface area contributed by atoms with Gasteiger partial charge in [0, 0.05) is 6.54 Å². The van der Waals surface area contributed by atoms with E-state index in [1.165, 1.54) is 6.92 Å². The van der Waals surface area contributed by atoms with Crippen LogP contribution in [0.25, 0.3) is 0 Å². The van der Waals surface area contributed by atoms with Crippen molar-refractivity contribution >= 4 is 76.9 Å². The molecule has 0 radical (unpaired) electrons. The third kappa shape index (κ3) is 26.4. The molecule has 30 heteroatoms. The van der Waals surface area contributed by atoms with Gasteiger partial charge in [0.15, 0.2) is 5.96 Å². The first-order valence-electron chi connectivity index (χ1n) is 23.0. The van der Waals surface area contributed by atoms with E-state index in [1.807, 2.05) is 0 Å². The zero-order valence-electron chi connectivity index (χ0n) is 40.4. The molecule has 0 spiro atoms. The van der Waals surface area contributed by atoms with Gasteiger partial charge in [-0.25, -0.2) is 0 Å². The molecule has 0 fully saturated rings. The Morgan fingerprint density at radius 1 is 0.465 bits per heavy atom.